The zero-order valence-electron chi connectivity index (χ0n) is 15.8. The molecule has 8 nitrogen and oxygen atoms in total. The van der Waals surface area contributed by atoms with Crippen LogP contribution in [-0.2, 0) is 6.42 Å². The van der Waals surface area contributed by atoms with Crippen molar-refractivity contribution < 1.29 is 14.0 Å². The van der Waals surface area contributed by atoms with Crippen LogP contribution in [0.2, 0.25) is 0 Å². The smallest absolute Gasteiger partial charge is 0.228 e. The summed E-state index contributed by atoms with van der Waals surface area (Å²) in [6.07, 6.45) is 0.642. The fraction of sp³-hybridized carbons (Fsp3) is 0.500. The highest BCUT2D eigenvalue weighted by Gasteiger charge is 2.09. The molecule has 1 heterocycles. The summed E-state index contributed by atoms with van der Waals surface area (Å²) >= 11 is 0. The first kappa shape index (κ1) is 19.6. The van der Waals surface area contributed by atoms with E-state index in [0.717, 1.165) is 17.3 Å². The number of rotatable bonds is 9. The Bertz CT molecular complexity index is 682. The lowest BCUT2D eigenvalue weighted by atomic mass is 10.2. The molecule has 26 heavy (non-hydrogen) atoms. The van der Waals surface area contributed by atoms with E-state index in [0.29, 0.717) is 38.0 Å². The molecule has 0 radical (unpaired) electrons. The highest BCUT2D eigenvalue weighted by atomic mass is 16.5. The fourth-order valence-electron chi connectivity index (χ4n) is 2.12. The molecule has 0 atom stereocenters. The molecule has 0 amide bonds. The van der Waals surface area contributed by atoms with E-state index in [1.54, 1.807) is 14.2 Å². The van der Waals surface area contributed by atoms with E-state index < -0.39 is 0 Å². The van der Waals surface area contributed by atoms with Gasteiger partial charge in [0.1, 0.15) is 18.1 Å². The molecular formula is C18H27N5O3. The summed E-state index contributed by atoms with van der Waals surface area (Å²) in [5.41, 5.74) is 0. The lowest BCUT2D eigenvalue weighted by molar-refractivity contribution is 0.321. The Morgan fingerprint density at radius 1 is 1.15 bits per heavy atom. The summed E-state index contributed by atoms with van der Waals surface area (Å²) in [4.78, 5) is 8.52. The molecular weight excluding hydrogens is 334 g/mol. The number of aromatic nitrogens is 2. The highest BCUT2D eigenvalue weighted by Crippen LogP contribution is 2.16. The first-order valence-electron chi connectivity index (χ1n) is 8.66. The van der Waals surface area contributed by atoms with Crippen molar-refractivity contribution in [2.24, 2.45) is 4.99 Å². The zero-order valence-corrected chi connectivity index (χ0v) is 15.8. The third kappa shape index (κ3) is 6.27. The number of guanidine groups is 1. The average molecular weight is 361 g/mol. The molecule has 0 aliphatic carbocycles. The largest absolute Gasteiger partial charge is 0.497 e. The molecule has 0 saturated heterocycles. The molecule has 8 heteroatoms. The minimum absolute atomic E-state index is 0.264. The zero-order chi connectivity index (χ0) is 18.8. The van der Waals surface area contributed by atoms with Crippen molar-refractivity contribution in [2.45, 2.75) is 26.2 Å². The molecule has 0 saturated carbocycles. The quantitative estimate of drug-likeness (QED) is 0.401. The van der Waals surface area contributed by atoms with E-state index in [4.69, 9.17) is 14.0 Å². The molecule has 2 rings (SSSR count). The van der Waals surface area contributed by atoms with Gasteiger partial charge >= 0.3 is 0 Å². The van der Waals surface area contributed by atoms with Crippen molar-refractivity contribution >= 4 is 5.96 Å². The van der Waals surface area contributed by atoms with Crippen molar-refractivity contribution in [1.82, 2.24) is 20.8 Å². The Kier molecular flexibility index (Phi) is 7.73. The highest BCUT2D eigenvalue weighted by molar-refractivity contribution is 5.79. The van der Waals surface area contributed by atoms with Gasteiger partial charge in [0.05, 0.1) is 13.7 Å². The molecule has 0 spiro atoms. The molecule has 1 aromatic heterocycles. The fourth-order valence-corrected chi connectivity index (χ4v) is 2.12. The molecule has 2 aromatic rings. The second-order valence-corrected chi connectivity index (χ2v) is 5.90. The molecule has 0 aliphatic heterocycles. The van der Waals surface area contributed by atoms with Crippen molar-refractivity contribution in [3.8, 4) is 11.5 Å². The lowest BCUT2D eigenvalue weighted by Crippen LogP contribution is -2.40. The van der Waals surface area contributed by atoms with Crippen LogP contribution in [-0.4, -0.2) is 50.0 Å². The van der Waals surface area contributed by atoms with E-state index in [1.165, 1.54) is 0 Å². The van der Waals surface area contributed by atoms with Crippen molar-refractivity contribution in [3.05, 3.63) is 36.0 Å². The number of hydrogen-bond donors (Lipinski definition) is 2. The van der Waals surface area contributed by atoms with Gasteiger partial charge in [-0.05, 0) is 24.3 Å². The van der Waals surface area contributed by atoms with E-state index in [9.17, 15) is 0 Å². The van der Waals surface area contributed by atoms with Gasteiger partial charge in [0.15, 0.2) is 11.8 Å². The number of ether oxygens (including phenoxy) is 2. The second-order valence-electron chi connectivity index (χ2n) is 5.90. The minimum atomic E-state index is 0.264. The normalized spacial score (nSPS) is 11.5. The summed E-state index contributed by atoms with van der Waals surface area (Å²) in [5.74, 6) is 3.93. The molecule has 142 valence electrons. The molecule has 0 fully saturated rings. The van der Waals surface area contributed by atoms with Crippen LogP contribution in [0.15, 0.2) is 33.8 Å². The summed E-state index contributed by atoms with van der Waals surface area (Å²) < 4.78 is 16.0. The van der Waals surface area contributed by atoms with Crippen LogP contribution >= 0.6 is 0 Å². The van der Waals surface area contributed by atoms with Crippen molar-refractivity contribution in [1.29, 1.82) is 0 Å². The maximum Gasteiger partial charge on any atom is 0.228 e. The Morgan fingerprint density at radius 3 is 2.46 bits per heavy atom. The predicted molar refractivity (Wildman–Crippen MR) is 99.9 cm³/mol. The third-order valence-corrected chi connectivity index (χ3v) is 3.58. The number of aliphatic imine (C=N–C) groups is 1. The lowest BCUT2D eigenvalue weighted by Gasteiger charge is -2.12. The summed E-state index contributed by atoms with van der Waals surface area (Å²) in [7, 11) is 3.36. The number of methoxy groups -OCH3 is 1. The Morgan fingerprint density at radius 2 is 1.85 bits per heavy atom. The third-order valence-electron chi connectivity index (χ3n) is 3.58. The maximum atomic E-state index is 5.67. The van der Waals surface area contributed by atoms with Crippen LogP contribution in [0, 0.1) is 0 Å². The SMILES string of the molecule is CN=C(NCCOc1ccc(OC)cc1)NCCc1nc(C(C)C)no1. The Labute approximate surface area is 154 Å². The topological polar surface area (TPSA) is 93.8 Å². The number of nitrogens with zero attached hydrogens (tertiary/aromatic N) is 3. The molecule has 0 aliphatic rings. The number of hydrogen-bond acceptors (Lipinski definition) is 6. The second kappa shape index (κ2) is 10.3. The van der Waals surface area contributed by atoms with Crippen LogP contribution < -0.4 is 20.1 Å². The predicted octanol–water partition coefficient (Wildman–Crippen LogP) is 1.99. The van der Waals surface area contributed by atoms with Crippen LogP contribution in [0.25, 0.3) is 0 Å². The van der Waals surface area contributed by atoms with Crippen LogP contribution in [0.4, 0.5) is 0 Å². The van der Waals surface area contributed by atoms with E-state index in [-0.39, 0.29) is 5.92 Å². The Balaban J connectivity index is 1.63. The first-order valence-corrected chi connectivity index (χ1v) is 8.66. The van der Waals surface area contributed by atoms with Crippen molar-refractivity contribution in [3.63, 3.8) is 0 Å². The summed E-state index contributed by atoms with van der Waals surface area (Å²) in [5, 5.41) is 10.4. The summed E-state index contributed by atoms with van der Waals surface area (Å²) in [6, 6.07) is 7.49. The van der Waals surface area contributed by atoms with Crippen molar-refractivity contribution in [2.75, 3.05) is 33.9 Å². The van der Waals surface area contributed by atoms with E-state index in [2.05, 4.69) is 25.8 Å². The first-order chi connectivity index (χ1) is 12.6. The monoisotopic (exact) mass is 361 g/mol. The minimum Gasteiger partial charge on any atom is -0.497 e. The number of nitrogens with one attached hydrogen (secondary N) is 2. The molecule has 2 N–H and O–H groups in total. The van der Waals surface area contributed by atoms with Gasteiger partial charge in [-0.15, -0.1) is 0 Å². The van der Waals surface area contributed by atoms with Gasteiger partial charge in [-0.25, -0.2) is 0 Å². The number of benzene rings is 1. The standard InChI is InChI=1S/C18H27N5O3/c1-13(2)17-22-16(26-23-17)9-10-20-18(19-3)21-11-12-25-15-7-5-14(24-4)6-8-15/h5-8,13H,9-12H2,1-4H3,(H2,19,20,21). The van der Waals surface area contributed by atoms with Gasteiger partial charge in [0, 0.05) is 25.9 Å². The molecule has 0 bridgehead atoms. The van der Waals surface area contributed by atoms with Gasteiger partial charge in [0.2, 0.25) is 5.89 Å². The Hall–Kier alpha value is -2.77. The van der Waals surface area contributed by atoms with E-state index >= 15 is 0 Å². The van der Waals surface area contributed by atoms with Crippen LogP contribution in [0.1, 0.15) is 31.5 Å². The van der Waals surface area contributed by atoms with Gasteiger partial charge in [-0.1, -0.05) is 19.0 Å². The maximum absolute atomic E-state index is 5.67. The summed E-state index contributed by atoms with van der Waals surface area (Å²) in [6.45, 7) is 5.87. The van der Waals surface area contributed by atoms with Crippen LogP contribution in [0.3, 0.4) is 0 Å². The van der Waals surface area contributed by atoms with E-state index in [1.807, 2.05) is 38.1 Å². The van der Waals surface area contributed by atoms with Gasteiger partial charge in [-0.2, -0.15) is 4.98 Å². The average Bonchev–Trinajstić information content (AvgIpc) is 3.13. The van der Waals surface area contributed by atoms with Gasteiger partial charge in [0.25, 0.3) is 0 Å². The molecule has 1 aromatic carbocycles. The van der Waals surface area contributed by atoms with Gasteiger partial charge in [-0.3, -0.25) is 4.99 Å². The van der Waals surface area contributed by atoms with Gasteiger partial charge < -0.3 is 24.6 Å². The van der Waals surface area contributed by atoms with Crippen LogP contribution in [0.5, 0.6) is 11.5 Å². The molecule has 0 unspecified atom stereocenters.